The highest BCUT2D eigenvalue weighted by Crippen LogP contribution is 2.30. The first kappa shape index (κ1) is 14.0. The largest absolute Gasteiger partial charge is 0.396 e. The number of hydrogen-bond acceptors (Lipinski definition) is 6. The van der Waals surface area contributed by atoms with Gasteiger partial charge in [-0.15, -0.1) is 11.3 Å². The van der Waals surface area contributed by atoms with Crippen LogP contribution in [0.3, 0.4) is 0 Å². The second-order valence-electron chi connectivity index (χ2n) is 5.39. The number of nitrogens with one attached hydrogen (secondary N) is 1. The third-order valence-corrected chi connectivity index (χ3v) is 4.15. The molecule has 0 saturated carbocycles. The number of hydrogen-bond donors (Lipinski definition) is 3. The van der Waals surface area contributed by atoms with Crippen LogP contribution in [0.5, 0.6) is 0 Å². The van der Waals surface area contributed by atoms with E-state index in [1.165, 1.54) is 4.88 Å². The van der Waals surface area contributed by atoms with Crippen molar-refractivity contribution in [3.05, 3.63) is 10.9 Å². The molecule has 0 unspecified atom stereocenters. The lowest BCUT2D eigenvalue weighted by molar-refractivity contribution is 0.171. The van der Waals surface area contributed by atoms with Crippen LogP contribution in [-0.2, 0) is 6.42 Å². The minimum absolute atomic E-state index is 0.119. The number of fused-ring (bicyclic) bond motifs is 1. The van der Waals surface area contributed by atoms with Crippen LogP contribution < -0.4 is 11.1 Å². The average Bonchev–Trinajstić information content (AvgIpc) is 2.79. The van der Waals surface area contributed by atoms with Crippen molar-refractivity contribution in [2.75, 3.05) is 24.2 Å². The molecule has 6 heteroatoms. The molecule has 5 nitrogen and oxygen atoms in total. The lowest BCUT2D eigenvalue weighted by Crippen LogP contribution is -2.27. The molecular weight excluding hydrogens is 260 g/mol. The van der Waals surface area contributed by atoms with Crippen molar-refractivity contribution in [2.45, 2.75) is 27.2 Å². The van der Waals surface area contributed by atoms with E-state index >= 15 is 0 Å². The maximum atomic E-state index is 9.29. The van der Waals surface area contributed by atoms with E-state index in [1.807, 2.05) is 13.8 Å². The molecule has 0 saturated heterocycles. The molecule has 4 N–H and O–H groups in total. The molecule has 0 bridgehead atoms. The van der Waals surface area contributed by atoms with Crippen LogP contribution >= 0.6 is 11.3 Å². The number of rotatable bonds is 5. The standard InChI is InChI=1S/C13H20N4OS/c1-4-8-5-9-10(15-6-13(2,3)7-18)16-12(14)17-11(9)19-8/h5,18H,4,6-7H2,1-3H3,(H3,14,15,16,17). The predicted molar refractivity (Wildman–Crippen MR) is 80.6 cm³/mol. The van der Waals surface area contributed by atoms with Gasteiger partial charge < -0.3 is 16.2 Å². The summed E-state index contributed by atoms with van der Waals surface area (Å²) >= 11 is 1.64. The predicted octanol–water partition coefficient (Wildman–Crippen LogP) is 2.27. The Balaban J connectivity index is 2.33. The van der Waals surface area contributed by atoms with Gasteiger partial charge in [0.25, 0.3) is 0 Å². The topological polar surface area (TPSA) is 84.1 Å². The average molecular weight is 280 g/mol. The Kier molecular flexibility index (Phi) is 3.91. The lowest BCUT2D eigenvalue weighted by Gasteiger charge is -2.22. The number of aromatic nitrogens is 2. The van der Waals surface area contributed by atoms with Crippen molar-refractivity contribution in [3.63, 3.8) is 0 Å². The number of thiophene rings is 1. The molecule has 0 fully saturated rings. The molecule has 2 rings (SSSR count). The lowest BCUT2D eigenvalue weighted by atomic mass is 9.95. The summed E-state index contributed by atoms with van der Waals surface area (Å²) in [4.78, 5) is 10.7. The van der Waals surface area contributed by atoms with Gasteiger partial charge in [-0.3, -0.25) is 0 Å². The molecular formula is C13H20N4OS. The normalized spacial score (nSPS) is 12.0. The first-order valence-electron chi connectivity index (χ1n) is 6.36. The van der Waals surface area contributed by atoms with Gasteiger partial charge in [0.2, 0.25) is 5.95 Å². The van der Waals surface area contributed by atoms with Crippen LogP contribution in [0.4, 0.5) is 11.8 Å². The number of aliphatic hydroxyl groups is 1. The molecule has 0 aliphatic heterocycles. The Morgan fingerprint density at radius 2 is 2.16 bits per heavy atom. The molecule has 0 atom stereocenters. The van der Waals surface area contributed by atoms with Gasteiger partial charge in [-0.2, -0.15) is 4.98 Å². The molecule has 0 aliphatic carbocycles. The smallest absolute Gasteiger partial charge is 0.223 e. The van der Waals surface area contributed by atoms with E-state index in [0.717, 1.165) is 22.5 Å². The molecule has 0 spiro atoms. The summed E-state index contributed by atoms with van der Waals surface area (Å²) in [5.41, 5.74) is 5.54. The highest BCUT2D eigenvalue weighted by molar-refractivity contribution is 7.18. The number of aliphatic hydroxyl groups excluding tert-OH is 1. The van der Waals surface area contributed by atoms with E-state index in [0.29, 0.717) is 6.54 Å². The number of nitrogens with zero attached hydrogens (tertiary/aromatic N) is 2. The molecule has 2 aromatic rings. The van der Waals surface area contributed by atoms with Crippen molar-refractivity contribution < 1.29 is 5.11 Å². The van der Waals surface area contributed by atoms with E-state index < -0.39 is 0 Å². The minimum Gasteiger partial charge on any atom is -0.396 e. The monoisotopic (exact) mass is 280 g/mol. The second-order valence-corrected chi connectivity index (χ2v) is 6.51. The third-order valence-electron chi connectivity index (χ3n) is 2.97. The molecule has 19 heavy (non-hydrogen) atoms. The van der Waals surface area contributed by atoms with Gasteiger partial charge >= 0.3 is 0 Å². The highest BCUT2D eigenvalue weighted by atomic mass is 32.1. The fraction of sp³-hybridized carbons (Fsp3) is 0.538. The zero-order valence-corrected chi connectivity index (χ0v) is 12.3. The summed E-state index contributed by atoms with van der Waals surface area (Å²) < 4.78 is 0. The summed E-state index contributed by atoms with van der Waals surface area (Å²) in [5.74, 6) is 1.03. The van der Waals surface area contributed by atoms with Gasteiger partial charge in [-0.25, -0.2) is 4.98 Å². The Morgan fingerprint density at radius 1 is 1.42 bits per heavy atom. The van der Waals surface area contributed by atoms with Crippen LogP contribution in [0.2, 0.25) is 0 Å². The van der Waals surface area contributed by atoms with Gasteiger partial charge in [-0.1, -0.05) is 20.8 Å². The molecule has 2 heterocycles. The summed E-state index contributed by atoms with van der Waals surface area (Å²) in [7, 11) is 0. The first-order chi connectivity index (χ1) is 8.95. The van der Waals surface area contributed by atoms with E-state index in [4.69, 9.17) is 5.73 Å². The van der Waals surface area contributed by atoms with Crippen molar-refractivity contribution in [1.82, 2.24) is 9.97 Å². The van der Waals surface area contributed by atoms with E-state index in [-0.39, 0.29) is 18.0 Å². The van der Waals surface area contributed by atoms with Crippen LogP contribution in [0.25, 0.3) is 10.2 Å². The Hall–Kier alpha value is -1.40. The quantitative estimate of drug-likeness (QED) is 0.782. The van der Waals surface area contributed by atoms with Crippen molar-refractivity contribution in [1.29, 1.82) is 0 Å². The van der Waals surface area contributed by atoms with Crippen molar-refractivity contribution >= 4 is 33.3 Å². The first-order valence-corrected chi connectivity index (χ1v) is 7.17. The number of aryl methyl sites for hydroxylation is 1. The molecule has 0 radical (unpaired) electrons. The summed E-state index contributed by atoms with van der Waals surface area (Å²) in [6.07, 6.45) is 0.975. The SMILES string of the molecule is CCc1cc2c(NCC(C)(C)CO)nc(N)nc2s1. The molecule has 0 aromatic carbocycles. The zero-order valence-electron chi connectivity index (χ0n) is 11.5. The second kappa shape index (κ2) is 5.30. The van der Waals surface area contributed by atoms with Gasteiger partial charge in [-0.05, 0) is 12.5 Å². The van der Waals surface area contributed by atoms with Gasteiger partial charge in [0.05, 0.1) is 5.39 Å². The molecule has 0 aliphatic rings. The fourth-order valence-electron chi connectivity index (χ4n) is 1.68. The maximum absolute atomic E-state index is 9.29. The summed E-state index contributed by atoms with van der Waals surface area (Å²) in [6.45, 7) is 6.85. The summed E-state index contributed by atoms with van der Waals surface area (Å²) in [6, 6.07) is 2.10. The molecule has 104 valence electrons. The van der Waals surface area contributed by atoms with Gasteiger partial charge in [0.1, 0.15) is 10.6 Å². The van der Waals surface area contributed by atoms with Crippen LogP contribution in [0.1, 0.15) is 25.6 Å². The van der Waals surface area contributed by atoms with E-state index in [9.17, 15) is 5.11 Å². The van der Waals surface area contributed by atoms with Crippen LogP contribution in [0.15, 0.2) is 6.07 Å². The van der Waals surface area contributed by atoms with Gasteiger partial charge in [0.15, 0.2) is 0 Å². The molecule has 0 amide bonds. The minimum atomic E-state index is -0.199. The zero-order chi connectivity index (χ0) is 14.0. The Morgan fingerprint density at radius 3 is 2.79 bits per heavy atom. The fourth-order valence-corrected chi connectivity index (χ4v) is 2.65. The maximum Gasteiger partial charge on any atom is 0.223 e. The number of nitrogen functional groups attached to an aromatic ring is 1. The Bertz CT molecular complexity index is 579. The van der Waals surface area contributed by atoms with Gasteiger partial charge in [0, 0.05) is 23.4 Å². The van der Waals surface area contributed by atoms with Crippen molar-refractivity contribution in [3.8, 4) is 0 Å². The van der Waals surface area contributed by atoms with Crippen LogP contribution in [-0.4, -0.2) is 28.2 Å². The van der Waals surface area contributed by atoms with Crippen LogP contribution in [0, 0.1) is 5.41 Å². The van der Waals surface area contributed by atoms with E-state index in [2.05, 4.69) is 28.3 Å². The highest BCUT2D eigenvalue weighted by Gasteiger charge is 2.18. The summed E-state index contributed by atoms with van der Waals surface area (Å²) in [5, 5.41) is 13.6. The van der Waals surface area contributed by atoms with E-state index in [1.54, 1.807) is 11.3 Å². The third kappa shape index (κ3) is 3.13. The Labute approximate surface area is 116 Å². The van der Waals surface area contributed by atoms with Crippen molar-refractivity contribution in [2.24, 2.45) is 5.41 Å². The number of nitrogens with two attached hydrogens (primary N) is 1. The number of anilines is 2. The molecule has 2 aromatic heterocycles.